The van der Waals surface area contributed by atoms with E-state index in [2.05, 4.69) is 25.8 Å². The van der Waals surface area contributed by atoms with Gasteiger partial charge < -0.3 is 19.9 Å². The lowest BCUT2D eigenvalue weighted by molar-refractivity contribution is 0.304. The first-order valence-corrected chi connectivity index (χ1v) is 9.88. The van der Waals surface area contributed by atoms with Crippen LogP contribution >= 0.6 is 35.3 Å². The molecule has 0 fully saturated rings. The van der Waals surface area contributed by atoms with Crippen LogP contribution in [0.3, 0.4) is 0 Å². The fourth-order valence-corrected chi connectivity index (χ4v) is 3.06. The van der Waals surface area contributed by atoms with E-state index in [0.717, 1.165) is 23.8 Å². The molecule has 162 valence electrons. The molecule has 0 bridgehead atoms. The number of nitrogens with one attached hydrogen (secondary N) is 2. The SMILES string of the molecule is Cc1nnc(CN=C(NCCOc2ccc(F)cc2F)NCc2cccs2)n1C.I. The third-order valence-corrected chi connectivity index (χ3v) is 4.99. The Bertz CT molecular complexity index is 964. The number of aryl methyl sites for hydroxylation is 1. The third kappa shape index (κ3) is 6.90. The number of rotatable bonds is 8. The molecular formula is C19H23F2IN6OS. The van der Waals surface area contributed by atoms with Crippen LogP contribution in [-0.2, 0) is 20.1 Å². The molecule has 2 N–H and O–H groups in total. The molecule has 2 heterocycles. The lowest BCUT2D eigenvalue weighted by Gasteiger charge is -2.13. The molecule has 3 rings (SSSR count). The highest BCUT2D eigenvalue weighted by molar-refractivity contribution is 14.0. The minimum Gasteiger partial charge on any atom is -0.489 e. The van der Waals surface area contributed by atoms with E-state index in [4.69, 9.17) is 4.74 Å². The first-order chi connectivity index (χ1) is 14.0. The maximum atomic E-state index is 13.6. The van der Waals surface area contributed by atoms with Gasteiger partial charge in [0.25, 0.3) is 0 Å². The summed E-state index contributed by atoms with van der Waals surface area (Å²) in [7, 11) is 1.89. The van der Waals surface area contributed by atoms with Crippen LogP contribution in [0.15, 0.2) is 40.7 Å². The number of nitrogens with zero attached hydrogens (tertiary/aromatic N) is 4. The van der Waals surface area contributed by atoms with Crippen molar-refractivity contribution in [2.45, 2.75) is 20.0 Å². The van der Waals surface area contributed by atoms with Crippen molar-refractivity contribution in [3.8, 4) is 5.75 Å². The van der Waals surface area contributed by atoms with Crippen LogP contribution in [0.25, 0.3) is 0 Å². The number of thiophene rings is 1. The molecule has 0 saturated heterocycles. The van der Waals surface area contributed by atoms with Crippen LogP contribution in [-0.4, -0.2) is 33.9 Å². The number of ether oxygens (including phenoxy) is 1. The second-order valence-corrected chi connectivity index (χ2v) is 7.20. The Morgan fingerprint density at radius 3 is 2.73 bits per heavy atom. The number of aliphatic imine (C=N–C) groups is 1. The van der Waals surface area contributed by atoms with E-state index < -0.39 is 11.6 Å². The summed E-state index contributed by atoms with van der Waals surface area (Å²) in [5.41, 5.74) is 0. The van der Waals surface area contributed by atoms with E-state index in [9.17, 15) is 8.78 Å². The van der Waals surface area contributed by atoms with Gasteiger partial charge in [-0.05, 0) is 30.5 Å². The smallest absolute Gasteiger partial charge is 0.192 e. The van der Waals surface area contributed by atoms with Crippen LogP contribution in [0.5, 0.6) is 5.75 Å². The monoisotopic (exact) mass is 548 g/mol. The largest absolute Gasteiger partial charge is 0.489 e. The number of benzene rings is 1. The molecule has 30 heavy (non-hydrogen) atoms. The Morgan fingerprint density at radius 1 is 1.23 bits per heavy atom. The quantitative estimate of drug-likeness (QED) is 0.196. The molecule has 7 nitrogen and oxygen atoms in total. The lowest BCUT2D eigenvalue weighted by Crippen LogP contribution is -2.39. The summed E-state index contributed by atoms with van der Waals surface area (Å²) in [6.07, 6.45) is 0. The molecule has 11 heteroatoms. The molecule has 0 saturated carbocycles. The molecule has 0 aliphatic heterocycles. The van der Waals surface area contributed by atoms with Gasteiger partial charge in [0.2, 0.25) is 0 Å². The van der Waals surface area contributed by atoms with Crippen molar-refractivity contribution >= 4 is 41.3 Å². The second-order valence-electron chi connectivity index (χ2n) is 6.17. The zero-order chi connectivity index (χ0) is 20.6. The predicted molar refractivity (Wildman–Crippen MR) is 123 cm³/mol. The van der Waals surface area contributed by atoms with Gasteiger partial charge in [0.15, 0.2) is 23.4 Å². The van der Waals surface area contributed by atoms with Crippen molar-refractivity contribution in [3.05, 3.63) is 63.9 Å². The van der Waals surface area contributed by atoms with Crippen molar-refractivity contribution < 1.29 is 13.5 Å². The van der Waals surface area contributed by atoms with Gasteiger partial charge in [0, 0.05) is 18.0 Å². The average molecular weight is 548 g/mol. The normalized spacial score (nSPS) is 11.1. The fraction of sp³-hybridized carbons (Fsp3) is 0.316. The van der Waals surface area contributed by atoms with Gasteiger partial charge in [-0.15, -0.1) is 45.5 Å². The third-order valence-electron chi connectivity index (χ3n) is 4.12. The molecule has 1 aromatic carbocycles. The molecule has 0 aliphatic carbocycles. The summed E-state index contributed by atoms with van der Waals surface area (Å²) in [4.78, 5) is 5.70. The maximum absolute atomic E-state index is 13.6. The van der Waals surface area contributed by atoms with Crippen LogP contribution in [0.4, 0.5) is 8.78 Å². The first-order valence-electron chi connectivity index (χ1n) is 9.00. The molecule has 0 amide bonds. The van der Waals surface area contributed by atoms with Gasteiger partial charge in [0.1, 0.15) is 24.8 Å². The van der Waals surface area contributed by atoms with Crippen molar-refractivity contribution in [2.24, 2.45) is 12.0 Å². The summed E-state index contributed by atoms with van der Waals surface area (Å²) in [5, 5.41) is 16.5. The number of aromatic nitrogens is 3. The van der Waals surface area contributed by atoms with Crippen molar-refractivity contribution in [1.82, 2.24) is 25.4 Å². The van der Waals surface area contributed by atoms with Gasteiger partial charge >= 0.3 is 0 Å². The Labute approximate surface area is 194 Å². The standard InChI is InChI=1S/C19H22F2N6OS.HI/c1-13-25-26-18(27(13)2)12-24-19(23-11-15-4-3-9-29-15)22-7-8-28-17-6-5-14(20)10-16(17)21;/h3-6,9-10H,7-8,11-12H2,1-2H3,(H2,22,23,24);1H. The minimum absolute atomic E-state index is 0. The molecule has 2 aromatic heterocycles. The topological polar surface area (TPSA) is 76.4 Å². The number of guanidine groups is 1. The van der Waals surface area contributed by atoms with E-state index in [1.807, 2.05) is 36.1 Å². The number of halogens is 3. The highest BCUT2D eigenvalue weighted by atomic mass is 127. The zero-order valence-electron chi connectivity index (χ0n) is 16.6. The van der Waals surface area contributed by atoms with Gasteiger partial charge in [0.05, 0.1) is 13.1 Å². The molecule has 0 radical (unpaired) electrons. The zero-order valence-corrected chi connectivity index (χ0v) is 19.7. The van der Waals surface area contributed by atoms with Crippen LogP contribution in [0, 0.1) is 18.6 Å². The molecule has 0 atom stereocenters. The molecule has 3 aromatic rings. The van der Waals surface area contributed by atoms with Gasteiger partial charge in [-0.25, -0.2) is 13.8 Å². The Kier molecular flexibility index (Phi) is 9.43. The lowest BCUT2D eigenvalue weighted by atomic mass is 10.3. The first kappa shape index (κ1) is 24.0. The van der Waals surface area contributed by atoms with Gasteiger partial charge in [-0.3, -0.25) is 0 Å². The maximum Gasteiger partial charge on any atom is 0.192 e. The molecule has 0 aliphatic rings. The molecular weight excluding hydrogens is 525 g/mol. The Hall–Kier alpha value is -2.28. The summed E-state index contributed by atoms with van der Waals surface area (Å²) in [6, 6.07) is 7.23. The summed E-state index contributed by atoms with van der Waals surface area (Å²) in [6.45, 7) is 3.41. The van der Waals surface area contributed by atoms with E-state index >= 15 is 0 Å². The summed E-state index contributed by atoms with van der Waals surface area (Å²) in [5.74, 6) is 0.761. The van der Waals surface area contributed by atoms with Crippen molar-refractivity contribution in [2.75, 3.05) is 13.2 Å². The summed E-state index contributed by atoms with van der Waals surface area (Å²) < 4.78 is 33.8. The van der Waals surface area contributed by atoms with Gasteiger partial charge in [-0.2, -0.15) is 0 Å². The van der Waals surface area contributed by atoms with Gasteiger partial charge in [-0.1, -0.05) is 6.07 Å². The second kappa shape index (κ2) is 11.8. The highest BCUT2D eigenvalue weighted by Gasteiger charge is 2.07. The van der Waals surface area contributed by atoms with Crippen LogP contribution in [0.1, 0.15) is 16.5 Å². The predicted octanol–water partition coefficient (Wildman–Crippen LogP) is 3.40. The highest BCUT2D eigenvalue weighted by Crippen LogP contribution is 2.17. The van der Waals surface area contributed by atoms with E-state index in [-0.39, 0.29) is 36.3 Å². The number of hydrogen-bond acceptors (Lipinski definition) is 5. The molecule has 0 spiro atoms. The van der Waals surface area contributed by atoms with Crippen LogP contribution < -0.4 is 15.4 Å². The van der Waals surface area contributed by atoms with E-state index in [1.165, 1.54) is 10.9 Å². The Balaban J connectivity index is 0.00000320. The number of hydrogen-bond donors (Lipinski definition) is 2. The van der Waals surface area contributed by atoms with Crippen molar-refractivity contribution in [3.63, 3.8) is 0 Å². The van der Waals surface area contributed by atoms with E-state index in [1.54, 1.807) is 11.3 Å². The molecule has 0 unspecified atom stereocenters. The fourth-order valence-electron chi connectivity index (χ4n) is 2.42. The van der Waals surface area contributed by atoms with Crippen molar-refractivity contribution in [1.29, 1.82) is 0 Å². The van der Waals surface area contributed by atoms with E-state index in [0.29, 0.717) is 25.6 Å². The Morgan fingerprint density at radius 2 is 2.07 bits per heavy atom. The summed E-state index contributed by atoms with van der Waals surface area (Å²) >= 11 is 1.64. The minimum atomic E-state index is -0.729. The average Bonchev–Trinajstić information content (AvgIpc) is 3.33. The van der Waals surface area contributed by atoms with Crippen LogP contribution in [0.2, 0.25) is 0 Å².